The number of rotatable bonds is 8. The van der Waals surface area contributed by atoms with E-state index in [4.69, 9.17) is 10.8 Å². The van der Waals surface area contributed by atoms with Crippen LogP contribution in [0.5, 0.6) is 0 Å². The summed E-state index contributed by atoms with van der Waals surface area (Å²) in [6.07, 6.45) is 3.14. The summed E-state index contributed by atoms with van der Waals surface area (Å²) in [4.78, 5) is 22.8. The number of aryl methyl sites for hydroxylation is 1. The molecule has 1 atom stereocenters. The highest BCUT2D eigenvalue weighted by Gasteiger charge is 2.18. The van der Waals surface area contributed by atoms with Gasteiger partial charge in [0.2, 0.25) is 5.91 Å². The van der Waals surface area contributed by atoms with Gasteiger partial charge in [-0.15, -0.1) is 0 Å². The first-order valence-electron chi connectivity index (χ1n) is 6.38. The molecule has 1 aromatic carbocycles. The minimum atomic E-state index is -0.989. The van der Waals surface area contributed by atoms with Crippen LogP contribution < -0.4 is 11.1 Å². The van der Waals surface area contributed by atoms with Gasteiger partial charge < -0.3 is 16.2 Å². The third kappa shape index (κ3) is 5.97. The summed E-state index contributed by atoms with van der Waals surface area (Å²) in [5, 5.41) is 11.6. The van der Waals surface area contributed by atoms with Gasteiger partial charge >= 0.3 is 5.97 Å². The van der Waals surface area contributed by atoms with Crippen LogP contribution in [0.4, 0.5) is 5.69 Å². The Morgan fingerprint density at radius 3 is 2.80 bits per heavy atom. The van der Waals surface area contributed by atoms with E-state index >= 15 is 0 Å². The molecule has 0 saturated carbocycles. The standard InChI is InChI=1S/C14H20N2O3S/c1-20-8-7-12(14(18)19)16-13(17)6-5-10-3-2-4-11(15)9-10/h2-4,9,12H,5-8,15H2,1H3,(H,16,17)(H,18,19)/t12-/m1/s1. The summed E-state index contributed by atoms with van der Waals surface area (Å²) < 4.78 is 0. The van der Waals surface area contributed by atoms with Gasteiger partial charge in [0.25, 0.3) is 0 Å². The summed E-state index contributed by atoms with van der Waals surface area (Å²) in [5.41, 5.74) is 7.29. The number of hydrogen-bond donors (Lipinski definition) is 3. The van der Waals surface area contributed by atoms with Crippen molar-refractivity contribution in [2.75, 3.05) is 17.7 Å². The van der Waals surface area contributed by atoms with E-state index in [1.165, 1.54) is 0 Å². The van der Waals surface area contributed by atoms with Gasteiger partial charge in [-0.2, -0.15) is 11.8 Å². The number of aliphatic carboxylic acids is 1. The van der Waals surface area contributed by atoms with Crippen molar-refractivity contribution in [2.45, 2.75) is 25.3 Å². The van der Waals surface area contributed by atoms with Crippen LogP contribution in [0.25, 0.3) is 0 Å². The number of anilines is 1. The van der Waals surface area contributed by atoms with Crippen molar-refractivity contribution in [2.24, 2.45) is 0 Å². The monoisotopic (exact) mass is 296 g/mol. The molecule has 0 fully saturated rings. The second-order valence-electron chi connectivity index (χ2n) is 4.48. The van der Waals surface area contributed by atoms with Crippen molar-refractivity contribution in [3.8, 4) is 0 Å². The molecule has 0 saturated heterocycles. The normalized spacial score (nSPS) is 11.8. The molecule has 1 rings (SSSR count). The Balaban J connectivity index is 2.43. The molecule has 0 bridgehead atoms. The lowest BCUT2D eigenvalue weighted by molar-refractivity contribution is -0.141. The molecule has 6 heteroatoms. The highest BCUT2D eigenvalue weighted by molar-refractivity contribution is 7.98. The highest BCUT2D eigenvalue weighted by atomic mass is 32.2. The van der Waals surface area contributed by atoms with E-state index in [1.807, 2.05) is 24.5 Å². The van der Waals surface area contributed by atoms with Crippen molar-refractivity contribution in [1.82, 2.24) is 5.32 Å². The lowest BCUT2D eigenvalue weighted by Crippen LogP contribution is -2.41. The van der Waals surface area contributed by atoms with E-state index in [9.17, 15) is 9.59 Å². The second kappa shape index (κ2) is 8.47. The number of carbonyl (C=O) groups is 2. The largest absolute Gasteiger partial charge is 0.480 e. The van der Waals surface area contributed by atoms with E-state index in [1.54, 1.807) is 17.8 Å². The zero-order valence-corrected chi connectivity index (χ0v) is 12.3. The van der Waals surface area contributed by atoms with Gasteiger partial charge in [0.1, 0.15) is 6.04 Å². The molecule has 20 heavy (non-hydrogen) atoms. The molecule has 0 aromatic heterocycles. The molecule has 0 unspecified atom stereocenters. The van der Waals surface area contributed by atoms with Gasteiger partial charge in [0.05, 0.1) is 0 Å². The van der Waals surface area contributed by atoms with Crippen molar-refractivity contribution >= 4 is 29.3 Å². The predicted octanol–water partition coefficient (Wildman–Crippen LogP) is 1.52. The summed E-state index contributed by atoms with van der Waals surface area (Å²) in [5.74, 6) is -0.538. The smallest absolute Gasteiger partial charge is 0.326 e. The summed E-state index contributed by atoms with van der Waals surface area (Å²) in [7, 11) is 0. The Morgan fingerprint density at radius 1 is 1.45 bits per heavy atom. The van der Waals surface area contributed by atoms with Crippen LogP contribution >= 0.6 is 11.8 Å². The zero-order chi connectivity index (χ0) is 15.0. The quantitative estimate of drug-likeness (QED) is 0.633. The Morgan fingerprint density at radius 2 is 2.20 bits per heavy atom. The molecule has 0 heterocycles. The molecular formula is C14H20N2O3S. The minimum Gasteiger partial charge on any atom is -0.480 e. The number of amides is 1. The van der Waals surface area contributed by atoms with E-state index in [-0.39, 0.29) is 12.3 Å². The first-order chi connectivity index (χ1) is 9.52. The first-order valence-corrected chi connectivity index (χ1v) is 7.78. The first kappa shape index (κ1) is 16.4. The maximum absolute atomic E-state index is 11.8. The maximum atomic E-state index is 11.8. The van der Waals surface area contributed by atoms with E-state index in [2.05, 4.69) is 5.32 Å². The van der Waals surface area contributed by atoms with Gasteiger partial charge in [-0.1, -0.05) is 12.1 Å². The van der Waals surface area contributed by atoms with Crippen molar-refractivity contribution in [3.63, 3.8) is 0 Å². The van der Waals surface area contributed by atoms with Crippen LogP contribution in [0.3, 0.4) is 0 Å². The van der Waals surface area contributed by atoms with Gasteiger partial charge in [0, 0.05) is 12.1 Å². The molecule has 1 amide bonds. The topological polar surface area (TPSA) is 92.4 Å². The van der Waals surface area contributed by atoms with Gasteiger partial charge in [-0.3, -0.25) is 4.79 Å². The molecule has 0 spiro atoms. The fourth-order valence-corrected chi connectivity index (χ4v) is 2.24. The molecule has 1 aromatic rings. The minimum absolute atomic E-state index is 0.249. The Labute approximate surface area is 122 Å². The molecule has 0 aliphatic carbocycles. The average molecular weight is 296 g/mol. The molecular weight excluding hydrogens is 276 g/mol. The number of thioether (sulfide) groups is 1. The van der Waals surface area contributed by atoms with Crippen molar-refractivity contribution in [1.29, 1.82) is 0 Å². The van der Waals surface area contributed by atoms with E-state index < -0.39 is 12.0 Å². The summed E-state index contributed by atoms with van der Waals surface area (Å²) in [6.45, 7) is 0. The molecule has 110 valence electrons. The third-order valence-electron chi connectivity index (χ3n) is 2.84. The van der Waals surface area contributed by atoms with Crippen LogP contribution in [0.1, 0.15) is 18.4 Å². The van der Waals surface area contributed by atoms with E-state index in [0.717, 1.165) is 5.56 Å². The second-order valence-corrected chi connectivity index (χ2v) is 5.47. The van der Waals surface area contributed by atoms with Gasteiger partial charge in [-0.25, -0.2) is 4.79 Å². The van der Waals surface area contributed by atoms with Crippen LogP contribution in [-0.4, -0.2) is 35.0 Å². The Kier molecular flexibility index (Phi) is 6.93. The number of nitrogens with one attached hydrogen (secondary N) is 1. The molecule has 4 N–H and O–H groups in total. The van der Waals surface area contributed by atoms with Crippen LogP contribution in [0.15, 0.2) is 24.3 Å². The summed E-state index contributed by atoms with van der Waals surface area (Å²) in [6, 6.07) is 6.52. The van der Waals surface area contributed by atoms with Crippen molar-refractivity contribution in [3.05, 3.63) is 29.8 Å². The maximum Gasteiger partial charge on any atom is 0.326 e. The highest BCUT2D eigenvalue weighted by Crippen LogP contribution is 2.09. The number of carboxylic acid groups (broad SMARTS) is 1. The van der Waals surface area contributed by atoms with Crippen LogP contribution in [0.2, 0.25) is 0 Å². The lowest BCUT2D eigenvalue weighted by atomic mass is 10.1. The average Bonchev–Trinajstić information content (AvgIpc) is 2.41. The van der Waals surface area contributed by atoms with Crippen molar-refractivity contribution < 1.29 is 14.7 Å². The number of carbonyl (C=O) groups excluding carboxylic acids is 1. The van der Waals surface area contributed by atoms with Gasteiger partial charge in [-0.05, 0) is 42.5 Å². The number of benzene rings is 1. The number of hydrogen-bond acceptors (Lipinski definition) is 4. The third-order valence-corrected chi connectivity index (χ3v) is 3.48. The number of carboxylic acids is 1. The summed E-state index contributed by atoms with van der Waals surface area (Å²) >= 11 is 1.56. The SMILES string of the molecule is CSCC[C@@H](NC(=O)CCc1cccc(N)c1)C(=O)O. The number of nitrogen functional groups attached to an aromatic ring is 1. The number of nitrogens with two attached hydrogens (primary N) is 1. The van der Waals surface area contributed by atoms with E-state index in [0.29, 0.717) is 24.3 Å². The molecule has 0 aliphatic heterocycles. The molecule has 5 nitrogen and oxygen atoms in total. The predicted molar refractivity (Wildman–Crippen MR) is 81.7 cm³/mol. The fraction of sp³-hybridized carbons (Fsp3) is 0.429. The van der Waals surface area contributed by atoms with Crippen LogP contribution in [-0.2, 0) is 16.0 Å². The fourth-order valence-electron chi connectivity index (χ4n) is 1.77. The Hall–Kier alpha value is -1.69. The molecule has 0 aliphatic rings. The Bertz CT molecular complexity index is 465. The van der Waals surface area contributed by atoms with Crippen LogP contribution in [0, 0.1) is 0 Å². The molecule has 0 radical (unpaired) electrons. The lowest BCUT2D eigenvalue weighted by Gasteiger charge is -2.13. The zero-order valence-electron chi connectivity index (χ0n) is 11.5. The van der Waals surface area contributed by atoms with Gasteiger partial charge in [0.15, 0.2) is 0 Å².